The van der Waals surface area contributed by atoms with E-state index in [0.29, 0.717) is 26.9 Å². The quantitative estimate of drug-likeness (QED) is 0.648. The van der Waals surface area contributed by atoms with Crippen LogP contribution in [-0.4, -0.2) is 15.4 Å². The van der Waals surface area contributed by atoms with Gasteiger partial charge in [0.2, 0.25) is 0 Å². The number of halogens is 2. The van der Waals surface area contributed by atoms with Gasteiger partial charge in [-0.25, -0.2) is 4.98 Å². The van der Waals surface area contributed by atoms with Crippen LogP contribution in [0.25, 0.3) is 5.65 Å². The number of ether oxygens (including phenoxy) is 1. The SMILES string of the molecule is CC(C(=O)OCc1cc(=O)n2cc(Cl)ccc2n1)c1ccccc1Cl. The summed E-state index contributed by atoms with van der Waals surface area (Å²) in [5.74, 6) is -0.958. The highest BCUT2D eigenvalue weighted by Gasteiger charge is 2.19. The Labute approximate surface area is 153 Å². The smallest absolute Gasteiger partial charge is 0.313 e. The highest BCUT2D eigenvalue weighted by atomic mass is 35.5. The normalized spacial score (nSPS) is 12.1. The lowest BCUT2D eigenvalue weighted by atomic mass is 10.0. The first-order chi connectivity index (χ1) is 12.0. The maximum atomic E-state index is 12.3. The number of esters is 1. The lowest BCUT2D eigenvalue weighted by molar-refractivity contribution is -0.146. The minimum absolute atomic E-state index is 0.0952. The fourth-order valence-electron chi connectivity index (χ4n) is 2.42. The molecule has 2 heterocycles. The van der Waals surface area contributed by atoms with Gasteiger partial charge >= 0.3 is 5.97 Å². The Balaban J connectivity index is 1.76. The zero-order valence-electron chi connectivity index (χ0n) is 13.3. The number of benzene rings is 1. The largest absolute Gasteiger partial charge is 0.459 e. The van der Waals surface area contributed by atoms with Crippen molar-refractivity contribution in [1.29, 1.82) is 0 Å². The molecule has 3 rings (SSSR count). The van der Waals surface area contributed by atoms with Crippen LogP contribution in [0.4, 0.5) is 0 Å². The summed E-state index contributed by atoms with van der Waals surface area (Å²) in [4.78, 5) is 28.7. The minimum atomic E-state index is -0.519. The molecule has 0 aliphatic carbocycles. The fraction of sp³-hybridized carbons (Fsp3) is 0.167. The molecule has 25 heavy (non-hydrogen) atoms. The van der Waals surface area contributed by atoms with Gasteiger partial charge in [-0.2, -0.15) is 0 Å². The molecule has 0 aliphatic rings. The van der Waals surface area contributed by atoms with Crippen molar-refractivity contribution in [3.8, 4) is 0 Å². The van der Waals surface area contributed by atoms with Gasteiger partial charge in [0.1, 0.15) is 12.3 Å². The number of hydrogen-bond acceptors (Lipinski definition) is 4. The molecule has 1 atom stereocenters. The number of aromatic nitrogens is 2. The van der Waals surface area contributed by atoms with Crippen LogP contribution in [0.5, 0.6) is 0 Å². The number of pyridine rings is 1. The molecule has 0 bridgehead atoms. The van der Waals surface area contributed by atoms with Crippen molar-refractivity contribution in [1.82, 2.24) is 9.38 Å². The van der Waals surface area contributed by atoms with Gasteiger partial charge in [0, 0.05) is 17.3 Å². The monoisotopic (exact) mass is 376 g/mol. The van der Waals surface area contributed by atoms with Crippen LogP contribution < -0.4 is 5.56 Å². The first-order valence-corrected chi connectivity index (χ1v) is 8.30. The van der Waals surface area contributed by atoms with E-state index in [9.17, 15) is 9.59 Å². The molecule has 0 amide bonds. The molecule has 0 fully saturated rings. The third-order valence-electron chi connectivity index (χ3n) is 3.76. The van der Waals surface area contributed by atoms with E-state index in [4.69, 9.17) is 27.9 Å². The van der Waals surface area contributed by atoms with E-state index in [1.807, 2.05) is 6.07 Å². The third kappa shape index (κ3) is 3.83. The van der Waals surface area contributed by atoms with Crippen LogP contribution in [0.15, 0.2) is 53.5 Å². The molecule has 0 spiro atoms. The maximum absolute atomic E-state index is 12.3. The number of rotatable bonds is 4. The van der Waals surface area contributed by atoms with E-state index in [1.165, 1.54) is 16.7 Å². The molecular weight excluding hydrogens is 363 g/mol. The van der Waals surface area contributed by atoms with Crippen molar-refractivity contribution >= 4 is 34.8 Å². The van der Waals surface area contributed by atoms with Crippen LogP contribution in [0.1, 0.15) is 24.1 Å². The first kappa shape index (κ1) is 17.5. The van der Waals surface area contributed by atoms with E-state index < -0.39 is 11.9 Å². The molecule has 0 aliphatic heterocycles. The first-order valence-electron chi connectivity index (χ1n) is 7.54. The van der Waals surface area contributed by atoms with Crippen LogP contribution in [-0.2, 0) is 16.1 Å². The summed E-state index contributed by atoms with van der Waals surface area (Å²) in [6.45, 7) is 1.62. The van der Waals surface area contributed by atoms with Gasteiger partial charge in [-0.3, -0.25) is 14.0 Å². The zero-order valence-corrected chi connectivity index (χ0v) is 14.8. The predicted octanol–water partition coefficient (Wildman–Crippen LogP) is 3.85. The Morgan fingerprint density at radius 1 is 1.24 bits per heavy atom. The van der Waals surface area contributed by atoms with Gasteiger partial charge in [-0.1, -0.05) is 41.4 Å². The van der Waals surface area contributed by atoms with Gasteiger partial charge in [0.05, 0.1) is 16.6 Å². The van der Waals surface area contributed by atoms with E-state index in [-0.39, 0.29) is 12.2 Å². The molecular formula is C18H14Cl2N2O3. The predicted molar refractivity (Wildman–Crippen MR) is 96.1 cm³/mol. The molecule has 1 unspecified atom stereocenters. The van der Waals surface area contributed by atoms with Crippen molar-refractivity contribution in [2.45, 2.75) is 19.4 Å². The number of hydrogen-bond donors (Lipinski definition) is 0. The van der Waals surface area contributed by atoms with Crippen LogP contribution in [0.2, 0.25) is 10.0 Å². The van der Waals surface area contributed by atoms with Crippen LogP contribution >= 0.6 is 23.2 Å². The topological polar surface area (TPSA) is 60.7 Å². The maximum Gasteiger partial charge on any atom is 0.313 e. The van der Waals surface area contributed by atoms with E-state index in [2.05, 4.69) is 4.98 Å². The summed E-state index contributed by atoms with van der Waals surface area (Å²) in [5.41, 5.74) is 1.20. The molecule has 1 aromatic carbocycles. The van der Waals surface area contributed by atoms with Crippen LogP contribution in [0.3, 0.4) is 0 Å². The molecule has 2 aromatic heterocycles. The Kier molecular flexibility index (Phi) is 5.06. The van der Waals surface area contributed by atoms with Gasteiger partial charge < -0.3 is 4.74 Å². The molecule has 0 N–H and O–H groups in total. The number of carbonyl (C=O) groups excluding carboxylic acids is 1. The summed E-state index contributed by atoms with van der Waals surface area (Å²) in [7, 11) is 0. The summed E-state index contributed by atoms with van der Waals surface area (Å²) in [6, 6.07) is 11.7. The average Bonchev–Trinajstić information content (AvgIpc) is 2.60. The molecule has 7 heteroatoms. The second kappa shape index (κ2) is 7.25. The van der Waals surface area contributed by atoms with Crippen molar-refractivity contribution in [2.24, 2.45) is 0 Å². The Morgan fingerprint density at radius 2 is 2.00 bits per heavy atom. The Hall–Kier alpha value is -2.37. The fourth-order valence-corrected chi connectivity index (χ4v) is 2.88. The molecule has 3 aromatic rings. The molecule has 0 saturated heterocycles. The number of carbonyl (C=O) groups is 1. The summed E-state index contributed by atoms with van der Waals surface area (Å²) < 4.78 is 6.63. The van der Waals surface area contributed by atoms with Gasteiger partial charge in [-0.15, -0.1) is 0 Å². The number of fused-ring (bicyclic) bond motifs is 1. The lowest BCUT2D eigenvalue weighted by Gasteiger charge is -2.13. The summed E-state index contributed by atoms with van der Waals surface area (Å²) in [6.07, 6.45) is 1.49. The van der Waals surface area contributed by atoms with Crippen molar-refractivity contribution < 1.29 is 9.53 Å². The third-order valence-corrected chi connectivity index (χ3v) is 4.33. The molecule has 5 nitrogen and oxygen atoms in total. The van der Waals surface area contributed by atoms with Crippen molar-refractivity contribution in [3.05, 3.63) is 80.3 Å². The Morgan fingerprint density at radius 3 is 2.76 bits per heavy atom. The van der Waals surface area contributed by atoms with Crippen molar-refractivity contribution in [3.63, 3.8) is 0 Å². The van der Waals surface area contributed by atoms with Crippen molar-refractivity contribution in [2.75, 3.05) is 0 Å². The Bertz CT molecular complexity index is 1000. The lowest BCUT2D eigenvalue weighted by Crippen LogP contribution is -2.18. The van der Waals surface area contributed by atoms with Gasteiger partial charge in [0.15, 0.2) is 0 Å². The van der Waals surface area contributed by atoms with Gasteiger partial charge in [-0.05, 0) is 30.7 Å². The average molecular weight is 377 g/mol. The second-order valence-corrected chi connectivity index (χ2v) is 6.36. The van der Waals surface area contributed by atoms with E-state index in [1.54, 1.807) is 37.3 Å². The molecule has 0 radical (unpaired) electrons. The standard InChI is InChI=1S/C18H14Cl2N2O3/c1-11(14-4-2-3-5-15(14)20)18(24)25-10-13-8-17(23)22-9-12(19)6-7-16(22)21-13/h2-9,11H,10H2,1H3. The van der Waals surface area contributed by atoms with E-state index in [0.717, 1.165) is 0 Å². The van der Waals surface area contributed by atoms with E-state index >= 15 is 0 Å². The molecule has 0 saturated carbocycles. The molecule has 128 valence electrons. The minimum Gasteiger partial charge on any atom is -0.459 e. The highest BCUT2D eigenvalue weighted by molar-refractivity contribution is 6.31. The summed E-state index contributed by atoms with van der Waals surface area (Å²) >= 11 is 12.0. The zero-order chi connectivity index (χ0) is 18.0. The second-order valence-electron chi connectivity index (χ2n) is 5.51. The highest BCUT2D eigenvalue weighted by Crippen LogP contribution is 2.25. The number of nitrogens with zero attached hydrogens (tertiary/aromatic N) is 2. The van der Waals surface area contributed by atoms with Gasteiger partial charge in [0.25, 0.3) is 5.56 Å². The van der Waals surface area contributed by atoms with Crippen LogP contribution in [0, 0.1) is 0 Å². The summed E-state index contributed by atoms with van der Waals surface area (Å²) in [5, 5.41) is 0.940.